The molecule has 0 unspecified atom stereocenters. The van der Waals surface area contributed by atoms with Crippen molar-refractivity contribution in [2.24, 2.45) is 0 Å². The zero-order chi connectivity index (χ0) is 12.1. The number of pyridine rings is 1. The number of hydrogen-bond acceptors (Lipinski definition) is 4. The predicted octanol–water partition coefficient (Wildman–Crippen LogP) is 1.63. The summed E-state index contributed by atoms with van der Waals surface area (Å²) in [6, 6.07) is 4.15. The van der Waals surface area contributed by atoms with Crippen molar-refractivity contribution < 1.29 is 5.11 Å². The van der Waals surface area contributed by atoms with E-state index < -0.39 is 0 Å². The first-order valence-electron chi connectivity index (χ1n) is 6.13. The summed E-state index contributed by atoms with van der Waals surface area (Å²) in [5.74, 6) is 0.700. The molecule has 0 fully saturated rings. The van der Waals surface area contributed by atoms with Gasteiger partial charge in [-0.2, -0.15) is 5.26 Å². The van der Waals surface area contributed by atoms with Crippen LogP contribution in [0.25, 0.3) is 0 Å². The lowest BCUT2D eigenvalue weighted by molar-refractivity contribution is 0.286. The molecule has 0 spiro atoms. The van der Waals surface area contributed by atoms with E-state index >= 15 is 0 Å². The largest absolute Gasteiger partial charge is 0.396 e. The minimum atomic E-state index is 0.213. The van der Waals surface area contributed by atoms with Crippen LogP contribution in [0.4, 0.5) is 5.82 Å². The first-order chi connectivity index (χ1) is 8.35. The van der Waals surface area contributed by atoms with Crippen LogP contribution in [0.5, 0.6) is 0 Å². The second-order valence-corrected chi connectivity index (χ2v) is 4.31. The molecule has 1 aliphatic rings. The van der Waals surface area contributed by atoms with Gasteiger partial charge in [-0.1, -0.05) is 0 Å². The van der Waals surface area contributed by atoms with Gasteiger partial charge in [-0.05, 0) is 43.7 Å². The summed E-state index contributed by atoms with van der Waals surface area (Å²) >= 11 is 0. The number of anilines is 1. The fourth-order valence-electron chi connectivity index (χ4n) is 2.14. The van der Waals surface area contributed by atoms with Gasteiger partial charge in [0.05, 0.1) is 5.56 Å². The number of nitrogens with zero attached hydrogens (tertiary/aromatic N) is 2. The van der Waals surface area contributed by atoms with Crippen LogP contribution < -0.4 is 5.32 Å². The van der Waals surface area contributed by atoms with Gasteiger partial charge in [0, 0.05) is 18.8 Å². The summed E-state index contributed by atoms with van der Waals surface area (Å²) in [4.78, 5) is 4.53. The topological polar surface area (TPSA) is 68.9 Å². The Labute approximate surface area is 101 Å². The number of aryl methyl sites for hydroxylation is 2. The number of fused-ring (bicyclic) bond motifs is 1. The monoisotopic (exact) mass is 231 g/mol. The molecule has 2 N–H and O–H groups in total. The third-order valence-electron chi connectivity index (χ3n) is 3.05. The highest BCUT2D eigenvalue weighted by molar-refractivity contribution is 5.54. The van der Waals surface area contributed by atoms with Gasteiger partial charge in [0.15, 0.2) is 0 Å². The van der Waals surface area contributed by atoms with Gasteiger partial charge in [0.1, 0.15) is 11.9 Å². The Kier molecular flexibility index (Phi) is 3.94. The third kappa shape index (κ3) is 2.75. The summed E-state index contributed by atoms with van der Waals surface area (Å²) in [5, 5.41) is 21.0. The van der Waals surface area contributed by atoms with E-state index in [1.54, 1.807) is 0 Å². The molecule has 1 aromatic heterocycles. The van der Waals surface area contributed by atoms with E-state index in [9.17, 15) is 0 Å². The molecule has 0 saturated heterocycles. The average molecular weight is 231 g/mol. The average Bonchev–Trinajstić information content (AvgIpc) is 2.80. The Hall–Kier alpha value is -1.60. The van der Waals surface area contributed by atoms with Gasteiger partial charge >= 0.3 is 0 Å². The van der Waals surface area contributed by atoms with Crippen molar-refractivity contribution in [3.63, 3.8) is 0 Å². The predicted molar refractivity (Wildman–Crippen MR) is 65.8 cm³/mol. The van der Waals surface area contributed by atoms with E-state index in [0.29, 0.717) is 11.4 Å². The maximum absolute atomic E-state index is 9.08. The molecule has 0 atom stereocenters. The Morgan fingerprint density at radius 3 is 3.06 bits per heavy atom. The van der Waals surface area contributed by atoms with Crippen molar-refractivity contribution in [2.45, 2.75) is 32.1 Å². The number of nitriles is 1. The van der Waals surface area contributed by atoms with Gasteiger partial charge in [-0.25, -0.2) is 4.98 Å². The molecule has 0 aliphatic heterocycles. The number of unbranched alkanes of at least 4 members (excludes halogenated alkanes) is 1. The van der Waals surface area contributed by atoms with Crippen molar-refractivity contribution in [1.29, 1.82) is 5.26 Å². The minimum absolute atomic E-state index is 0.213. The molecule has 1 heterocycles. The molecule has 0 amide bonds. The normalized spacial score (nSPS) is 13.2. The summed E-state index contributed by atoms with van der Waals surface area (Å²) < 4.78 is 0. The Morgan fingerprint density at radius 1 is 1.41 bits per heavy atom. The molecule has 0 saturated carbocycles. The highest BCUT2D eigenvalue weighted by Gasteiger charge is 2.15. The van der Waals surface area contributed by atoms with Crippen LogP contribution in [0.1, 0.15) is 36.1 Å². The van der Waals surface area contributed by atoms with Crippen molar-refractivity contribution in [1.82, 2.24) is 4.98 Å². The third-order valence-corrected chi connectivity index (χ3v) is 3.05. The summed E-state index contributed by atoms with van der Waals surface area (Å²) in [6.45, 7) is 0.964. The zero-order valence-electron chi connectivity index (χ0n) is 9.87. The molecule has 0 bridgehead atoms. The lowest BCUT2D eigenvalue weighted by atomic mass is 10.1. The van der Waals surface area contributed by atoms with E-state index in [1.165, 1.54) is 5.56 Å². The molecule has 1 aliphatic carbocycles. The van der Waals surface area contributed by atoms with Gasteiger partial charge in [-0.3, -0.25) is 0 Å². The van der Waals surface area contributed by atoms with E-state index in [1.807, 2.05) is 6.07 Å². The van der Waals surface area contributed by atoms with Crippen LogP contribution in [0.15, 0.2) is 6.07 Å². The molecule has 0 radical (unpaired) electrons. The number of nitrogens with one attached hydrogen (secondary N) is 1. The molecule has 4 heteroatoms. The smallest absolute Gasteiger partial charge is 0.144 e. The Balaban J connectivity index is 2.08. The Morgan fingerprint density at radius 2 is 2.29 bits per heavy atom. The van der Waals surface area contributed by atoms with E-state index in [2.05, 4.69) is 16.4 Å². The second-order valence-electron chi connectivity index (χ2n) is 4.31. The van der Waals surface area contributed by atoms with E-state index in [-0.39, 0.29) is 6.61 Å². The standard InChI is InChI=1S/C13H17N3O/c14-9-11-8-10-4-3-5-12(10)16-13(11)15-6-1-2-7-17/h8,17H,1-7H2,(H,15,16). The fourth-order valence-corrected chi connectivity index (χ4v) is 2.14. The van der Waals surface area contributed by atoms with Crippen LogP contribution >= 0.6 is 0 Å². The van der Waals surface area contributed by atoms with Crippen molar-refractivity contribution in [3.05, 3.63) is 22.9 Å². The Bertz CT molecular complexity index is 437. The molecule has 2 rings (SSSR count). The molecular formula is C13H17N3O. The number of aliphatic hydroxyl groups is 1. The van der Waals surface area contributed by atoms with Crippen LogP contribution in [0.3, 0.4) is 0 Å². The van der Waals surface area contributed by atoms with E-state index in [0.717, 1.165) is 44.3 Å². The molecule has 90 valence electrons. The molecular weight excluding hydrogens is 214 g/mol. The molecule has 0 aromatic carbocycles. The number of hydrogen-bond donors (Lipinski definition) is 2. The van der Waals surface area contributed by atoms with Gasteiger partial charge in [0.25, 0.3) is 0 Å². The molecule has 1 aromatic rings. The lowest BCUT2D eigenvalue weighted by Crippen LogP contribution is -2.07. The summed E-state index contributed by atoms with van der Waals surface area (Å²) in [7, 11) is 0. The van der Waals surface area contributed by atoms with Crippen molar-refractivity contribution in [3.8, 4) is 6.07 Å². The second kappa shape index (κ2) is 5.65. The molecule has 17 heavy (non-hydrogen) atoms. The zero-order valence-corrected chi connectivity index (χ0v) is 9.87. The highest BCUT2D eigenvalue weighted by atomic mass is 16.2. The van der Waals surface area contributed by atoms with Crippen molar-refractivity contribution in [2.75, 3.05) is 18.5 Å². The molecule has 4 nitrogen and oxygen atoms in total. The van der Waals surface area contributed by atoms with Crippen molar-refractivity contribution >= 4 is 5.82 Å². The van der Waals surface area contributed by atoms with Crippen LogP contribution in [0.2, 0.25) is 0 Å². The van der Waals surface area contributed by atoms with Crippen LogP contribution in [0, 0.1) is 11.3 Å². The number of aliphatic hydroxyl groups excluding tert-OH is 1. The SMILES string of the molecule is N#Cc1cc2c(nc1NCCCCO)CCC2. The van der Waals surface area contributed by atoms with Gasteiger partial charge < -0.3 is 10.4 Å². The minimum Gasteiger partial charge on any atom is -0.396 e. The quantitative estimate of drug-likeness (QED) is 0.756. The lowest BCUT2D eigenvalue weighted by Gasteiger charge is -2.09. The van der Waals surface area contributed by atoms with Gasteiger partial charge in [-0.15, -0.1) is 0 Å². The maximum atomic E-state index is 9.08. The number of rotatable bonds is 5. The van der Waals surface area contributed by atoms with Gasteiger partial charge in [0.2, 0.25) is 0 Å². The first-order valence-corrected chi connectivity index (χ1v) is 6.13. The first kappa shape index (κ1) is 11.9. The fraction of sp³-hybridized carbons (Fsp3) is 0.538. The summed E-state index contributed by atoms with van der Waals surface area (Å²) in [5.41, 5.74) is 2.99. The summed E-state index contributed by atoms with van der Waals surface area (Å²) in [6.07, 6.45) is 4.87. The van der Waals surface area contributed by atoms with Crippen LogP contribution in [-0.4, -0.2) is 23.2 Å². The number of aromatic nitrogens is 1. The highest BCUT2D eigenvalue weighted by Crippen LogP contribution is 2.24. The van der Waals surface area contributed by atoms with Crippen LogP contribution in [-0.2, 0) is 12.8 Å². The maximum Gasteiger partial charge on any atom is 0.144 e. The van der Waals surface area contributed by atoms with E-state index in [4.69, 9.17) is 10.4 Å².